The van der Waals surface area contributed by atoms with Crippen molar-refractivity contribution in [3.8, 4) is 11.5 Å². The molecule has 3 aliphatic rings. The number of amides is 4. The van der Waals surface area contributed by atoms with Gasteiger partial charge in [-0.3, -0.25) is 19.2 Å². The largest absolute Gasteiger partial charge is 0.505 e. The lowest BCUT2D eigenvalue weighted by Gasteiger charge is -2.30. The van der Waals surface area contributed by atoms with E-state index in [1.807, 2.05) is 20.8 Å². The van der Waals surface area contributed by atoms with Gasteiger partial charge in [-0.2, -0.15) is 0 Å². The SMILES string of the molecule is C.C.C.C.C.C=CCNC1=C2C[C@@H](C)C[C@H](OC)[C@H](O)[C@@H](C)/C=C(\C)[C@H](OC(N)=O)[C@@H](OC)/C=C\C=C(/C)C(=O)NC(=CC1=O)C2=O.C=CC[NH2+]c1c(O)cc2c(O)c1C[C@@H](C)C[C@H](OC)[C@H](O)[C@@H](C)/C=C(\C)[C@H](OC(N)=O)[C@@H](OC)/C=C\C=C(/C)C(=O)N2. The van der Waals surface area contributed by atoms with Gasteiger partial charge in [0.25, 0.3) is 11.8 Å². The summed E-state index contributed by atoms with van der Waals surface area (Å²) in [6, 6.07) is 1.31. The van der Waals surface area contributed by atoms with Crippen molar-refractivity contribution in [2.45, 2.75) is 167 Å². The van der Waals surface area contributed by atoms with Gasteiger partial charge in [0.1, 0.15) is 18.0 Å². The molecule has 4 bridgehead atoms. The van der Waals surface area contributed by atoms with E-state index in [1.54, 1.807) is 88.5 Å². The van der Waals surface area contributed by atoms with Gasteiger partial charge in [-0.05, 0) is 82.4 Å². The number of ketones is 2. The Bertz CT molecular complexity index is 2800. The molecule has 12 atom stereocenters. The van der Waals surface area contributed by atoms with Crippen molar-refractivity contribution < 1.29 is 82.9 Å². The highest BCUT2D eigenvalue weighted by Gasteiger charge is 2.35. The number of carbonyl (C=O) groups is 6. The molecule has 4 rings (SSSR count). The third-order valence-electron chi connectivity index (χ3n) is 14.6. The fourth-order valence-corrected chi connectivity index (χ4v) is 10.0. The number of nitrogens with one attached hydrogen (secondary N) is 3. The highest BCUT2D eigenvalue weighted by molar-refractivity contribution is 6.23. The number of hydrogen-bond donors (Lipinski definition) is 10. The average Bonchev–Trinajstić information content (AvgIpc) is 2.38. The van der Waals surface area contributed by atoms with E-state index in [0.717, 1.165) is 6.08 Å². The van der Waals surface area contributed by atoms with Crippen LogP contribution in [0.4, 0.5) is 21.0 Å². The van der Waals surface area contributed by atoms with Crippen molar-refractivity contribution in [2.24, 2.45) is 35.1 Å². The molecule has 22 heteroatoms. The van der Waals surface area contributed by atoms with Crippen molar-refractivity contribution in [2.75, 3.05) is 46.8 Å². The minimum absolute atomic E-state index is 0. The summed E-state index contributed by atoms with van der Waals surface area (Å²) in [5.74, 6) is -3.43. The summed E-state index contributed by atoms with van der Waals surface area (Å²) in [6.07, 6.45) is 10.1. The molecule has 89 heavy (non-hydrogen) atoms. The molecule has 0 saturated carbocycles. The molecule has 13 N–H and O–H groups in total. The van der Waals surface area contributed by atoms with Crippen LogP contribution >= 0.6 is 0 Å². The summed E-state index contributed by atoms with van der Waals surface area (Å²) in [5, 5.41) is 54.6. The van der Waals surface area contributed by atoms with Crippen LogP contribution in [-0.2, 0) is 54.0 Å². The van der Waals surface area contributed by atoms with Crippen molar-refractivity contribution in [1.82, 2.24) is 10.6 Å². The predicted octanol–water partition coefficient (Wildman–Crippen LogP) is 8.66. The first kappa shape index (κ1) is 85.8. The number of aromatic hydroxyl groups is 2. The Morgan fingerprint density at radius 3 is 1.56 bits per heavy atom. The normalized spacial score (nSPS) is 28.8. The minimum Gasteiger partial charge on any atom is -0.505 e. The Morgan fingerprint density at radius 2 is 1.15 bits per heavy atom. The maximum atomic E-state index is 13.5. The summed E-state index contributed by atoms with van der Waals surface area (Å²) >= 11 is 0. The molecule has 0 saturated heterocycles. The van der Waals surface area contributed by atoms with Crippen molar-refractivity contribution in [3.63, 3.8) is 0 Å². The second-order valence-corrected chi connectivity index (χ2v) is 21.3. The molecule has 2 heterocycles. The second-order valence-electron chi connectivity index (χ2n) is 21.3. The van der Waals surface area contributed by atoms with Gasteiger partial charge in [0, 0.05) is 75.7 Å². The van der Waals surface area contributed by atoms with Gasteiger partial charge in [-0.15, -0.1) is 6.58 Å². The van der Waals surface area contributed by atoms with Gasteiger partial charge >= 0.3 is 12.2 Å². The number of rotatable bonds is 12. The lowest BCUT2D eigenvalue weighted by molar-refractivity contribution is -0.562. The first-order valence-corrected chi connectivity index (χ1v) is 27.7. The molecule has 22 nitrogen and oxygen atoms in total. The van der Waals surface area contributed by atoms with Crippen LogP contribution < -0.4 is 32.7 Å². The molecule has 4 amide bonds. The van der Waals surface area contributed by atoms with Crippen LogP contribution in [0.2, 0.25) is 0 Å². The Hall–Kier alpha value is -7.44. The number of fused-ring (bicyclic) bond motifs is 4. The number of aliphatic hydroxyl groups is 2. The van der Waals surface area contributed by atoms with Crippen LogP contribution in [0.1, 0.15) is 117 Å². The number of allylic oxidation sites excluding steroid dienone is 6. The lowest BCUT2D eigenvalue weighted by Crippen LogP contribution is -2.78. The second kappa shape index (κ2) is 41.7. The zero-order valence-corrected chi connectivity index (χ0v) is 50.4. The fraction of sp³-hybridized carbons (Fsp3) is 0.522. The monoisotopic (exact) mass is 1250 g/mol. The van der Waals surface area contributed by atoms with Crippen molar-refractivity contribution >= 4 is 46.9 Å². The smallest absolute Gasteiger partial charge is 0.405 e. The molecular weight excluding hydrogens is 1140 g/mol. The zero-order chi connectivity index (χ0) is 63.1. The topological polar surface area (TPSA) is 343 Å². The number of anilines is 1. The van der Waals surface area contributed by atoms with E-state index in [2.05, 4.69) is 29.1 Å². The number of carbonyl (C=O) groups excluding carboxylic acids is 6. The van der Waals surface area contributed by atoms with Crippen LogP contribution in [0.25, 0.3) is 0 Å². The number of aliphatic hydroxyl groups excluding tert-OH is 2. The van der Waals surface area contributed by atoms with E-state index in [-0.39, 0.29) is 102 Å². The van der Waals surface area contributed by atoms with Gasteiger partial charge in [0.15, 0.2) is 23.6 Å². The van der Waals surface area contributed by atoms with E-state index in [0.29, 0.717) is 53.8 Å². The molecule has 502 valence electrons. The summed E-state index contributed by atoms with van der Waals surface area (Å²) < 4.78 is 33.2. The quantitative estimate of drug-likeness (QED) is 0.0307. The highest BCUT2D eigenvalue weighted by atomic mass is 16.6. The number of benzene rings is 1. The molecule has 1 aromatic rings. The Balaban J connectivity index is -0.00000157. The van der Waals surface area contributed by atoms with E-state index in [1.165, 1.54) is 46.7 Å². The van der Waals surface area contributed by atoms with Gasteiger partial charge in [-0.25, -0.2) is 9.59 Å². The van der Waals surface area contributed by atoms with Crippen LogP contribution in [0.5, 0.6) is 11.5 Å². The number of hydrogen-bond acceptors (Lipinski definition) is 17. The molecular formula is C67H109N6O16+. The highest BCUT2D eigenvalue weighted by Crippen LogP contribution is 2.41. The van der Waals surface area contributed by atoms with Gasteiger partial charge < -0.3 is 81.6 Å². The molecule has 0 radical (unpaired) electrons. The fourth-order valence-electron chi connectivity index (χ4n) is 10.0. The molecule has 1 aromatic carbocycles. The first-order chi connectivity index (χ1) is 39.7. The third kappa shape index (κ3) is 25.2. The van der Waals surface area contributed by atoms with E-state index < -0.39 is 96.2 Å². The first-order valence-electron chi connectivity index (χ1n) is 27.7. The van der Waals surface area contributed by atoms with E-state index in [4.69, 9.17) is 39.9 Å². The molecule has 1 aliphatic carbocycles. The predicted molar refractivity (Wildman–Crippen MR) is 352 cm³/mol. The van der Waals surface area contributed by atoms with Crippen molar-refractivity contribution in [1.29, 1.82) is 0 Å². The minimum atomic E-state index is -1.00. The Kier molecular flexibility index (Phi) is 40.2. The number of nitrogens with two attached hydrogens (primary N) is 3. The summed E-state index contributed by atoms with van der Waals surface area (Å²) in [5.41, 5.74) is 13.6. The van der Waals surface area contributed by atoms with Gasteiger partial charge in [-0.1, -0.05) is 126 Å². The van der Waals surface area contributed by atoms with E-state index >= 15 is 0 Å². The third-order valence-corrected chi connectivity index (χ3v) is 14.6. The van der Waals surface area contributed by atoms with Gasteiger partial charge in [0.2, 0.25) is 11.6 Å². The van der Waals surface area contributed by atoms with Crippen LogP contribution in [0, 0.1) is 23.7 Å². The average molecular weight is 1250 g/mol. The molecule has 0 unspecified atom stereocenters. The maximum absolute atomic E-state index is 13.5. The van der Waals surface area contributed by atoms with Crippen LogP contribution in [0.3, 0.4) is 0 Å². The number of primary amides is 2. The number of quaternary nitrogens is 1. The zero-order valence-electron chi connectivity index (χ0n) is 50.4. The van der Waals surface area contributed by atoms with Crippen molar-refractivity contribution in [3.05, 3.63) is 131 Å². The van der Waals surface area contributed by atoms with Gasteiger partial charge in [0.05, 0.1) is 53.6 Å². The van der Waals surface area contributed by atoms with E-state index in [9.17, 15) is 49.2 Å². The molecule has 0 fully saturated rings. The Labute approximate surface area is 530 Å². The van der Waals surface area contributed by atoms with Crippen LogP contribution in [0.15, 0.2) is 125 Å². The molecule has 0 spiro atoms. The summed E-state index contributed by atoms with van der Waals surface area (Å²) in [4.78, 5) is 76.0. The molecule has 0 aromatic heterocycles. The number of methoxy groups -OCH3 is 4. The number of phenols is 2. The molecule has 2 aliphatic heterocycles. The maximum Gasteiger partial charge on any atom is 0.405 e. The summed E-state index contributed by atoms with van der Waals surface area (Å²) in [7, 11) is 5.88. The number of Topliss-reactive ketones (excluding diaryl/α,β-unsaturated/α-hetero) is 1. The Morgan fingerprint density at radius 1 is 0.697 bits per heavy atom. The standard InChI is InChI=1S/C31H45N3O8.C31H43N3O8.5CH4/c2*1-8-12-33-26-21-13-17(2)14-25(41-7)27(36)19(4)15-20(5)29(42-31(32)39)24(40-6)11-9-10-18(3)30(38)34-22(28(21)37)16-23(26)35;;;;;/h8-11,15-17,19,24-25,27,29,33,35-37H,1,12-14H2,2-7H3,(H2,32,39)(H,34,38);8-11,15-17,19,24-25,27,29,33,36H,1,12-14H2,2-7H3,(H2,32,39)(H,34,38);5*1H4/p+1/b2*11-9-,18-10+,20-15+;;;;;/t2*17-,19+,24+,25+,27-,29+;;;;;/m11...../s1. The summed E-state index contributed by atoms with van der Waals surface area (Å²) in [6.45, 7) is 22.2. The number of phenolic OH excluding ortho intramolecular Hbond substituents is 2. The van der Waals surface area contributed by atoms with Crippen LogP contribution in [-0.4, -0.2) is 146 Å². The lowest BCUT2D eigenvalue weighted by atomic mass is 9.85. The number of ether oxygens (including phenoxy) is 6.